The molecule has 4 aliphatic rings. The summed E-state index contributed by atoms with van der Waals surface area (Å²) in [5.41, 5.74) is -0.848. The predicted octanol–water partition coefficient (Wildman–Crippen LogP) is 7.72. The van der Waals surface area contributed by atoms with Crippen molar-refractivity contribution in [2.75, 3.05) is 31.1 Å². The molecule has 4 fully saturated rings. The highest BCUT2D eigenvalue weighted by Gasteiger charge is 2.46. The zero-order chi connectivity index (χ0) is 33.4. The van der Waals surface area contributed by atoms with Gasteiger partial charge in [-0.25, -0.2) is 18.7 Å². The van der Waals surface area contributed by atoms with Crippen LogP contribution in [0.25, 0.3) is 32.8 Å². The van der Waals surface area contributed by atoms with Gasteiger partial charge in [-0.2, -0.15) is 8.78 Å². The molecule has 0 saturated carbocycles. The number of piperazine rings is 1. The number of aromatic nitrogens is 2. The second-order valence-corrected chi connectivity index (χ2v) is 14.2. The van der Waals surface area contributed by atoms with Crippen LogP contribution in [0.15, 0.2) is 42.5 Å². The summed E-state index contributed by atoms with van der Waals surface area (Å²) in [6.45, 7) is 2.85. The van der Waals surface area contributed by atoms with Gasteiger partial charge in [0.2, 0.25) is 0 Å². The third-order valence-corrected chi connectivity index (χ3v) is 11.3. The van der Waals surface area contributed by atoms with E-state index in [-0.39, 0.29) is 56.5 Å². The Hall–Kier alpha value is -3.91. The van der Waals surface area contributed by atoms with Crippen molar-refractivity contribution in [3.8, 4) is 29.2 Å². The maximum Gasteiger partial charge on any atom is 0.268 e. The highest BCUT2D eigenvalue weighted by molar-refractivity contribution is 6.35. The molecule has 4 aliphatic heterocycles. The molecule has 8 rings (SSSR count). The predicted molar refractivity (Wildman–Crippen MR) is 179 cm³/mol. The van der Waals surface area contributed by atoms with Crippen LogP contribution in [0.2, 0.25) is 5.02 Å². The molecule has 0 spiro atoms. The molecule has 2 N–H and O–H groups in total. The van der Waals surface area contributed by atoms with Gasteiger partial charge in [0.05, 0.1) is 16.1 Å². The van der Waals surface area contributed by atoms with Crippen molar-refractivity contribution < 1.29 is 22.7 Å². The molecule has 3 aromatic carbocycles. The fraction of sp³-hybridized carbons (Fsp3) is 0.405. The van der Waals surface area contributed by atoms with E-state index in [1.807, 2.05) is 4.90 Å². The number of terminal acetylenes is 1. The molecule has 0 amide bonds. The molecule has 11 heteroatoms. The normalized spacial score (nSPS) is 23.2. The van der Waals surface area contributed by atoms with E-state index in [2.05, 4.69) is 16.1 Å². The fourth-order valence-electron chi connectivity index (χ4n) is 9.01. The van der Waals surface area contributed by atoms with Crippen LogP contribution < -0.4 is 10.2 Å². The van der Waals surface area contributed by atoms with E-state index >= 15 is 4.39 Å². The van der Waals surface area contributed by atoms with Crippen molar-refractivity contribution in [2.45, 2.75) is 68.5 Å². The first kappa shape index (κ1) is 31.4. The van der Waals surface area contributed by atoms with E-state index in [1.54, 1.807) is 6.07 Å². The van der Waals surface area contributed by atoms with Gasteiger partial charge < -0.3 is 15.3 Å². The first-order valence-corrected chi connectivity index (χ1v) is 16.9. The van der Waals surface area contributed by atoms with Gasteiger partial charge in [0.1, 0.15) is 28.7 Å². The molecule has 4 aromatic rings. The van der Waals surface area contributed by atoms with Gasteiger partial charge >= 0.3 is 0 Å². The van der Waals surface area contributed by atoms with Gasteiger partial charge in [-0.1, -0.05) is 23.6 Å². The lowest BCUT2D eigenvalue weighted by Crippen LogP contribution is -2.59. The van der Waals surface area contributed by atoms with Crippen molar-refractivity contribution in [1.82, 2.24) is 20.2 Å². The van der Waals surface area contributed by atoms with Crippen molar-refractivity contribution in [2.24, 2.45) is 0 Å². The van der Waals surface area contributed by atoms with E-state index in [0.29, 0.717) is 48.2 Å². The monoisotopic (exact) mass is 675 g/mol. The Kier molecular flexibility index (Phi) is 7.59. The zero-order valence-electron chi connectivity index (χ0n) is 26.2. The number of halogens is 5. The van der Waals surface area contributed by atoms with Crippen LogP contribution in [0.3, 0.4) is 0 Å². The van der Waals surface area contributed by atoms with Crippen LogP contribution in [-0.4, -0.2) is 63.3 Å². The number of aryl methyl sites for hydroxylation is 1. The molecule has 48 heavy (non-hydrogen) atoms. The summed E-state index contributed by atoms with van der Waals surface area (Å²) in [5, 5.41) is 15.0. The molecular formula is C37H34ClF4N5O. The minimum Gasteiger partial charge on any atom is -0.508 e. The van der Waals surface area contributed by atoms with Crippen molar-refractivity contribution in [1.29, 1.82) is 0 Å². The quantitative estimate of drug-likeness (QED) is 0.161. The largest absolute Gasteiger partial charge is 0.508 e. The zero-order valence-corrected chi connectivity index (χ0v) is 27.0. The standard InChI is InChI=1S/C37H34ClF4N5O/c1-2-24-28(39)6-5-21-15-23(48)16-25(31(21)24)32-27(38)17-26-34(33(32)42)43-30(8-12-37-9-3-13-47(37)14-4-10-37)44-35(26)46-19-22-7-11-36(20-46,45-22)18-29(40)41/h1,5-6,15-18,22,45,48H,3-4,7-14,19-20H2/t22-,36?/m1/s1. The number of aromatic hydroxyl groups is 1. The van der Waals surface area contributed by atoms with Crippen LogP contribution in [0, 0.1) is 24.0 Å². The Morgan fingerprint density at radius 3 is 2.67 bits per heavy atom. The van der Waals surface area contributed by atoms with Crippen molar-refractivity contribution >= 4 is 39.1 Å². The summed E-state index contributed by atoms with van der Waals surface area (Å²) in [5.74, 6) is 1.69. The number of benzene rings is 3. The molecule has 6 nitrogen and oxygen atoms in total. The Morgan fingerprint density at radius 2 is 1.92 bits per heavy atom. The maximum absolute atomic E-state index is 17.2. The molecule has 5 heterocycles. The van der Waals surface area contributed by atoms with E-state index in [0.717, 1.165) is 51.3 Å². The summed E-state index contributed by atoms with van der Waals surface area (Å²) in [7, 11) is 0. The number of nitrogens with zero attached hydrogens (tertiary/aromatic N) is 4. The van der Waals surface area contributed by atoms with Gasteiger partial charge in [0.15, 0.2) is 5.82 Å². The molecule has 0 radical (unpaired) electrons. The van der Waals surface area contributed by atoms with Crippen LogP contribution in [-0.2, 0) is 6.42 Å². The average Bonchev–Trinajstić information content (AvgIpc) is 3.71. The van der Waals surface area contributed by atoms with E-state index in [9.17, 15) is 18.3 Å². The molecule has 1 unspecified atom stereocenters. The molecule has 4 saturated heterocycles. The van der Waals surface area contributed by atoms with Gasteiger partial charge in [-0.15, -0.1) is 6.42 Å². The van der Waals surface area contributed by atoms with Crippen LogP contribution in [0.5, 0.6) is 5.75 Å². The smallest absolute Gasteiger partial charge is 0.268 e. The second-order valence-electron chi connectivity index (χ2n) is 13.8. The SMILES string of the molecule is C#Cc1c(F)ccc2cc(O)cc(-c3c(Cl)cc4c(N5C[C@H]6CCC(C=C(F)F)(C5)N6)nc(CCC56CCCN5CCC6)nc4c3F)c12. The van der Waals surface area contributed by atoms with Crippen LogP contribution in [0.1, 0.15) is 56.3 Å². The van der Waals surface area contributed by atoms with Crippen molar-refractivity contribution in [3.05, 3.63) is 70.5 Å². The Bertz CT molecular complexity index is 2050. The highest BCUT2D eigenvalue weighted by Crippen LogP contribution is 2.45. The third-order valence-electron chi connectivity index (χ3n) is 11.0. The second kappa shape index (κ2) is 11.6. The van der Waals surface area contributed by atoms with E-state index < -0.39 is 23.3 Å². The average molecular weight is 676 g/mol. The number of hydrogen-bond acceptors (Lipinski definition) is 6. The summed E-state index contributed by atoms with van der Waals surface area (Å²) >= 11 is 6.89. The fourth-order valence-corrected chi connectivity index (χ4v) is 9.30. The van der Waals surface area contributed by atoms with E-state index in [1.165, 1.54) is 24.3 Å². The lowest BCUT2D eigenvalue weighted by atomic mass is 9.88. The number of rotatable bonds is 6. The first-order chi connectivity index (χ1) is 23.1. The topological polar surface area (TPSA) is 64.5 Å². The minimum absolute atomic E-state index is 0.00862. The minimum atomic E-state index is -1.75. The highest BCUT2D eigenvalue weighted by atomic mass is 35.5. The Balaban J connectivity index is 1.32. The third kappa shape index (κ3) is 5.10. The molecular weight excluding hydrogens is 642 g/mol. The number of phenols is 1. The van der Waals surface area contributed by atoms with Gasteiger partial charge in [-0.3, -0.25) is 4.90 Å². The van der Waals surface area contributed by atoms with Crippen LogP contribution in [0.4, 0.5) is 23.4 Å². The Morgan fingerprint density at radius 1 is 1.12 bits per heavy atom. The number of anilines is 1. The molecule has 2 bridgehead atoms. The molecule has 0 aliphatic carbocycles. The Labute approximate surface area is 280 Å². The summed E-state index contributed by atoms with van der Waals surface area (Å²) < 4.78 is 59.4. The van der Waals surface area contributed by atoms with Gasteiger partial charge in [-0.05, 0) is 93.3 Å². The number of fused-ring (bicyclic) bond motifs is 5. The molecule has 1 aromatic heterocycles. The van der Waals surface area contributed by atoms with Gasteiger partial charge in [0, 0.05) is 53.5 Å². The van der Waals surface area contributed by atoms with Gasteiger partial charge in [0.25, 0.3) is 6.08 Å². The number of nitrogens with one attached hydrogen (secondary N) is 1. The maximum atomic E-state index is 17.2. The van der Waals surface area contributed by atoms with Crippen molar-refractivity contribution in [3.63, 3.8) is 0 Å². The molecule has 248 valence electrons. The van der Waals surface area contributed by atoms with E-state index in [4.69, 9.17) is 28.0 Å². The summed E-state index contributed by atoms with van der Waals surface area (Å²) in [4.78, 5) is 14.3. The lowest BCUT2D eigenvalue weighted by Gasteiger charge is -2.40. The lowest BCUT2D eigenvalue weighted by molar-refractivity contribution is 0.182. The molecule has 2 atom stereocenters. The number of hydrogen-bond donors (Lipinski definition) is 2. The summed E-state index contributed by atoms with van der Waals surface area (Å²) in [6, 6.07) is 6.96. The number of phenolic OH excluding ortho intramolecular Hbond substituents is 1. The first-order valence-electron chi connectivity index (χ1n) is 16.5. The summed E-state index contributed by atoms with van der Waals surface area (Å²) in [6.07, 6.45) is 12.0. The van der Waals surface area contributed by atoms with Crippen LogP contribution >= 0.6 is 11.6 Å².